The molecule has 0 aliphatic carbocycles. The molecule has 0 bridgehead atoms. The van der Waals surface area contributed by atoms with E-state index in [2.05, 4.69) is 74.7 Å². The summed E-state index contributed by atoms with van der Waals surface area (Å²) in [4.78, 5) is 2.54. The topological polar surface area (TPSA) is 15.3 Å². The normalized spacial score (nSPS) is 15.3. The summed E-state index contributed by atoms with van der Waals surface area (Å²) < 4.78 is 1.16. The molecule has 1 fully saturated rings. The molecule has 1 aliphatic rings. The van der Waals surface area contributed by atoms with Crippen LogP contribution < -0.4 is 5.32 Å². The fourth-order valence-electron chi connectivity index (χ4n) is 2.84. The number of likely N-dealkylation sites (tertiary alicyclic amines) is 1. The number of para-hydroxylation sites is 1. The van der Waals surface area contributed by atoms with Gasteiger partial charge in [0, 0.05) is 23.2 Å². The first-order valence-electron chi connectivity index (χ1n) is 7.60. The molecule has 110 valence electrons. The Hall–Kier alpha value is -1.32. The molecular weight excluding hydrogens is 324 g/mol. The van der Waals surface area contributed by atoms with Gasteiger partial charge in [-0.15, -0.1) is 0 Å². The average Bonchev–Trinajstić information content (AvgIpc) is 3.01. The Bertz CT molecular complexity index is 591. The summed E-state index contributed by atoms with van der Waals surface area (Å²) in [7, 11) is 0. The third-order valence-corrected chi connectivity index (χ3v) is 4.81. The van der Waals surface area contributed by atoms with E-state index in [-0.39, 0.29) is 0 Å². The van der Waals surface area contributed by atoms with Crippen molar-refractivity contribution in [3.8, 4) is 0 Å². The number of rotatable bonds is 5. The lowest BCUT2D eigenvalue weighted by Crippen LogP contribution is -2.19. The first-order chi connectivity index (χ1) is 10.3. The molecule has 2 aromatic carbocycles. The fourth-order valence-corrected chi connectivity index (χ4v) is 3.27. The molecule has 1 aliphatic heterocycles. The van der Waals surface area contributed by atoms with Crippen LogP contribution in [0.4, 0.5) is 5.69 Å². The molecule has 0 saturated carbocycles. The van der Waals surface area contributed by atoms with Crippen molar-refractivity contribution in [1.82, 2.24) is 4.90 Å². The molecule has 2 nitrogen and oxygen atoms in total. The smallest absolute Gasteiger partial charge is 0.0412 e. The number of halogens is 1. The highest BCUT2D eigenvalue weighted by molar-refractivity contribution is 9.10. The van der Waals surface area contributed by atoms with Crippen molar-refractivity contribution < 1.29 is 0 Å². The molecule has 0 amide bonds. The predicted octanol–water partition coefficient (Wildman–Crippen LogP) is 4.66. The van der Waals surface area contributed by atoms with Gasteiger partial charge in [-0.25, -0.2) is 0 Å². The van der Waals surface area contributed by atoms with E-state index in [0.29, 0.717) is 0 Å². The van der Waals surface area contributed by atoms with Crippen LogP contribution in [0, 0.1) is 0 Å². The van der Waals surface area contributed by atoms with Crippen molar-refractivity contribution in [2.75, 3.05) is 18.4 Å². The van der Waals surface area contributed by atoms with Crippen molar-refractivity contribution in [2.45, 2.75) is 25.9 Å². The molecule has 21 heavy (non-hydrogen) atoms. The third kappa shape index (κ3) is 3.86. The maximum atomic E-state index is 3.61. The quantitative estimate of drug-likeness (QED) is 0.848. The second-order valence-corrected chi connectivity index (χ2v) is 6.44. The van der Waals surface area contributed by atoms with Gasteiger partial charge in [0.2, 0.25) is 0 Å². The van der Waals surface area contributed by atoms with Gasteiger partial charge in [-0.05, 0) is 49.2 Å². The van der Waals surface area contributed by atoms with Crippen LogP contribution in [0.5, 0.6) is 0 Å². The van der Waals surface area contributed by atoms with E-state index in [0.717, 1.165) is 17.6 Å². The molecular formula is C18H21BrN2. The SMILES string of the molecule is Brc1ccccc1CNc1ccccc1CN1CCCC1. The Morgan fingerprint density at radius 1 is 0.905 bits per heavy atom. The zero-order valence-electron chi connectivity index (χ0n) is 12.2. The van der Waals surface area contributed by atoms with Crippen LogP contribution in [0.15, 0.2) is 53.0 Å². The van der Waals surface area contributed by atoms with E-state index in [1.807, 2.05) is 0 Å². The van der Waals surface area contributed by atoms with Gasteiger partial charge < -0.3 is 5.32 Å². The maximum absolute atomic E-state index is 3.61. The van der Waals surface area contributed by atoms with Crippen LogP contribution in [-0.2, 0) is 13.1 Å². The van der Waals surface area contributed by atoms with Gasteiger partial charge in [0.25, 0.3) is 0 Å². The van der Waals surface area contributed by atoms with E-state index >= 15 is 0 Å². The van der Waals surface area contributed by atoms with Crippen molar-refractivity contribution in [3.63, 3.8) is 0 Å². The number of anilines is 1. The predicted molar refractivity (Wildman–Crippen MR) is 92.4 cm³/mol. The zero-order valence-corrected chi connectivity index (χ0v) is 13.8. The van der Waals surface area contributed by atoms with Gasteiger partial charge >= 0.3 is 0 Å². The highest BCUT2D eigenvalue weighted by atomic mass is 79.9. The van der Waals surface area contributed by atoms with Gasteiger partial charge in [0.05, 0.1) is 0 Å². The van der Waals surface area contributed by atoms with Gasteiger partial charge in [0.15, 0.2) is 0 Å². The summed E-state index contributed by atoms with van der Waals surface area (Å²) >= 11 is 3.61. The lowest BCUT2D eigenvalue weighted by Gasteiger charge is -2.18. The minimum Gasteiger partial charge on any atom is -0.381 e. The molecule has 3 heteroatoms. The van der Waals surface area contributed by atoms with Gasteiger partial charge in [-0.2, -0.15) is 0 Å². The van der Waals surface area contributed by atoms with Gasteiger partial charge in [-0.1, -0.05) is 52.3 Å². The number of hydrogen-bond acceptors (Lipinski definition) is 2. The van der Waals surface area contributed by atoms with Crippen LogP contribution in [0.3, 0.4) is 0 Å². The summed E-state index contributed by atoms with van der Waals surface area (Å²) in [5, 5.41) is 3.59. The van der Waals surface area contributed by atoms with E-state index in [1.165, 1.54) is 42.7 Å². The number of hydrogen-bond donors (Lipinski definition) is 1. The lowest BCUT2D eigenvalue weighted by atomic mass is 10.1. The molecule has 0 spiro atoms. The number of nitrogens with one attached hydrogen (secondary N) is 1. The summed E-state index contributed by atoms with van der Waals surface area (Å²) in [6.07, 6.45) is 2.68. The van der Waals surface area contributed by atoms with E-state index in [1.54, 1.807) is 0 Å². The monoisotopic (exact) mass is 344 g/mol. The Morgan fingerprint density at radius 3 is 2.33 bits per heavy atom. The van der Waals surface area contributed by atoms with Crippen molar-refractivity contribution >= 4 is 21.6 Å². The summed E-state index contributed by atoms with van der Waals surface area (Å²) in [6, 6.07) is 17.0. The Labute approximate surface area is 135 Å². The zero-order chi connectivity index (χ0) is 14.5. The molecule has 1 N–H and O–H groups in total. The summed E-state index contributed by atoms with van der Waals surface area (Å²) in [5.41, 5.74) is 3.93. The van der Waals surface area contributed by atoms with Crippen LogP contribution in [-0.4, -0.2) is 18.0 Å². The number of nitrogens with zero attached hydrogens (tertiary/aromatic N) is 1. The van der Waals surface area contributed by atoms with Crippen LogP contribution in [0.2, 0.25) is 0 Å². The minimum atomic E-state index is 0.846. The molecule has 0 aromatic heterocycles. The molecule has 0 unspecified atom stereocenters. The van der Waals surface area contributed by atoms with E-state index in [4.69, 9.17) is 0 Å². The first kappa shape index (κ1) is 14.6. The summed E-state index contributed by atoms with van der Waals surface area (Å²) in [5.74, 6) is 0. The minimum absolute atomic E-state index is 0.846. The Morgan fingerprint density at radius 2 is 1.57 bits per heavy atom. The van der Waals surface area contributed by atoms with E-state index < -0.39 is 0 Å². The van der Waals surface area contributed by atoms with Crippen LogP contribution >= 0.6 is 15.9 Å². The standard InChI is InChI=1S/C18H21BrN2/c19-17-9-3-1-7-15(17)13-20-18-10-4-2-8-16(18)14-21-11-5-6-12-21/h1-4,7-10,20H,5-6,11-14H2. The van der Waals surface area contributed by atoms with Crippen molar-refractivity contribution in [2.24, 2.45) is 0 Å². The second kappa shape index (κ2) is 7.10. The van der Waals surface area contributed by atoms with Crippen LogP contribution in [0.25, 0.3) is 0 Å². The molecule has 1 heterocycles. The molecule has 0 radical (unpaired) electrons. The van der Waals surface area contributed by atoms with Crippen molar-refractivity contribution in [1.29, 1.82) is 0 Å². The molecule has 1 saturated heterocycles. The van der Waals surface area contributed by atoms with Crippen LogP contribution in [0.1, 0.15) is 24.0 Å². The first-order valence-corrected chi connectivity index (χ1v) is 8.40. The van der Waals surface area contributed by atoms with Gasteiger partial charge in [0.1, 0.15) is 0 Å². The maximum Gasteiger partial charge on any atom is 0.0412 e. The fraction of sp³-hybridized carbons (Fsp3) is 0.333. The highest BCUT2D eigenvalue weighted by Gasteiger charge is 2.13. The lowest BCUT2D eigenvalue weighted by molar-refractivity contribution is 0.332. The molecule has 3 rings (SSSR count). The Kier molecular flexibility index (Phi) is 4.94. The largest absolute Gasteiger partial charge is 0.381 e. The van der Waals surface area contributed by atoms with E-state index in [9.17, 15) is 0 Å². The Balaban J connectivity index is 1.68. The van der Waals surface area contributed by atoms with Crippen molar-refractivity contribution in [3.05, 3.63) is 64.1 Å². The average molecular weight is 345 g/mol. The molecule has 0 atom stereocenters. The number of benzene rings is 2. The summed E-state index contributed by atoms with van der Waals surface area (Å²) in [6.45, 7) is 4.37. The second-order valence-electron chi connectivity index (χ2n) is 5.59. The molecule has 2 aromatic rings. The highest BCUT2D eigenvalue weighted by Crippen LogP contribution is 2.22. The third-order valence-electron chi connectivity index (χ3n) is 4.04. The van der Waals surface area contributed by atoms with Gasteiger partial charge in [-0.3, -0.25) is 4.90 Å².